The quantitative estimate of drug-likeness (QED) is 0.268. The Kier molecular flexibility index (Phi) is 13.9. The van der Waals surface area contributed by atoms with Gasteiger partial charge in [0.05, 0.1) is 12.2 Å². The first-order valence-electron chi connectivity index (χ1n) is 11.0. The number of nitrogen functional groups attached to an aromatic ring is 1. The van der Waals surface area contributed by atoms with Crippen molar-refractivity contribution in [3.05, 3.63) is 64.7 Å². The summed E-state index contributed by atoms with van der Waals surface area (Å²) >= 11 is 0. The second-order valence-corrected chi connectivity index (χ2v) is 9.13. The molecule has 2 aromatic carbocycles. The van der Waals surface area contributed by atoms with Gasteiger partial charge in [0.15, 0.2) is 17.7 Å². The van der Waals surface area contributed by atoms with Gasteiger partial charge in [0.1, 0.15) is 11.7 Å². The molecule has 0 aliphatic carbocycles. The average molecular weight is 549 g/mol. The van der Waals surface area contributed by atoms with Crippen LogP contribution in [0.5, 0.6) is 5.75 Å². The molecule has 0 aliphatic rings. The number of ether oxygens (including phenoxy) is 2. The molecule has 0 aromatic heterocycles. The molecule has 11 heteroatoms. The summed E-state index contributed by atoms with van der Waals surface area (Å²) in [6.45, 7) is 6.70. The SMILES string of the molecule is CCO[C@H](C(=O)NCc1ccc(C(=N)N)cc1)c1c(F)ccc(OCC(C)(C)CN(C)C)c1F.Cl.Cl. The highest BCUT2D eigenvalue weighted by Crippen LogP contribution is 2.31. The minimum absolute atomic E-state index is 0. The van der Waals surface area contributed by atoms with E-state index in [0.29, 0.717) is 12.1 Å². The number of carbonyl (C=O) groups is 1. The number of nitrogens with two attached hydrogens (primary N) is 1. The first-order valence-corrected chi connectivity index (χ1v) is 11.0. The smallest absolute Gasteiger partial charge is 0.254 e. The van der Waals surface area contributed by atoms with Crippen LogP contribution in [0.3, 0.4) is 0 Å². The predicted octanol–water partition coefficient (Wildman–Crippen LogP) is 4.45. The molecule has 1 amide bonds. The van der Waals surface area contributed by atoms with Crippen molar-refractivity contribution in [3.8, 4) is 5.75 Å². The molecule has 202 valence electrons. The lowest BCUT2D eigenvalue weighted by Crippen LogP contribution is -2.34. The number of benzene rings is 2. The number of carbonyl (C=O) groups excluding carboxylic acids is 1. The third-order valence-electron chi connectivity index (χ3n) is 5.02. The van der Waals surface area contributed by atoms with Gasteiger partial charge in [-0.3, -0.25) is 10.2 Å². The van der Waals surface area contributed by atoms with Crippen molar-refractivity contribution in [2.24, 2.45) is 11.1 Å². The number of nitrogens with one attached hydrogen (secondary N) is 2. The summed E-state index contributed by atoms with van der Waals surface area (Å²) in [4.78, 5) is 14.9. The van der Waals surface area contributed by atoms with Crippen LogP contribution >= 0.6 is 24.8 Å². The molecule has 1 atom stereocenters. The normalized spacial score (nSPS) is 11.8. The first kappa shape index (κ1) is 33.5. The highest BCUT2D eigenvalue weighted by Gasteiger charge is 2.30. The maximum absolute atomic E-state index is 15.3. The summed E-state index contributed by atoms with van der Waals surface area (Å²) in [6, 6.07) is 9.02. The van der Waals surface area contributed by atoms with E-state index in [0.717, 1.165) is 11.6 Å². The van der Waals surface area contributed by atoms with Gasteiger partial charge in [-0.1, -0.05) is 38.1 Å². The van der Waals surface area contributed by atoms with Gasteiger partial charge in [0, 0.05) is 30.7 Å². The number of amides is 1. The third-order valence-corrected chi connectivity index (χ3v) is 5.02. The number of hydrogen-bond acceptors (Lipinski definition) is 5. The van der Waals surface area contributed by atoms with Crippen molar-refractivity contribution in [3.63, 3.8) is 0 Å². The fraction of sp³-hybridized carbons (Fsp3) is 0.440. The molecule has 2 aromatic rings. The molecular weight excluding hydrogens is 513 g/mol. The molecule has 36 heavy (non-hydrogen) atoms. The lowest BCUT2D eigenvalue weighted by molar-refractivity contribution is -0.133. The monoisotopic (exact) mass is 548 g/mol. The summed E-state index contributed by atoms with van der Waals surface area (Å²) in [5.74, 6) is -2.73. The summed E-state index contributed by atoms with van der Waals surface area (Å²) in [5, 5.41) is 10.1. The van der Waals surface area contributed by atoms with Crippen molar-refractivity contribution in [1.29, 1.82) is 5.41 Å². The maximum Gasteiger partial charge on any atom is 0.254 e. The van der Waals surface area contributed by atoms with Gasteiger partial charge in [-0.25, -0.2) is 8.78 Å². The van der Waals surface area contributed by atoms with E-state index in [9.17, 15) is 9.18 Å². The number of nitrogens with zero attached hydrogens (tertiary/aromatic N) is 1. The second kappa shape index (κ2) is 14.9. The van der Waals surface area contributed by atoms with E-state index in [1.165, 1.54) is 6.07 Å². The Bertz CT molecular complexity index is 1010. The molecule has 0 bridgehead atoms. The van der Waals surface area contributed by atoms with Gasteiger partial charge in [0.2, 0.25) is 0 Å². The zero-order valence-electron chi connectivity index (χ0n) is 21.2. The van der Waals surface area contributed by atoms with Crippen LogP contribution in [0.2, 0.25) is 0 Å². The predicted molar refractivity (Wildman–Crippen MR) is 142 cm³/mol. The van der Waals surface area contributed by atoms with Crippen molar-refractivity contribution >= 4 is 36.6 Å². The Morgan fingerprint density at radius 2 is 1.75 bits per heavy atom. The Morgan fingerprint density at radius 3 is 2.28 bits per heavy atom. The molecule has 2 rings (SSSR count). The number of rotatable bonds is 12. The largest absolute Gasteiger partial charge is 0.490 e. The molecular formula is C25H36Cl2F2N4O3. The van der Waals surface area contributed by atoms with Gasteiger partial charge in [-0.2, -0.15) is 0 Å². The van der Waals surface area contributed by atoms with E-state index in [1.54, 1.807) is 31.2 Å². The van der Waals surface area contributed by atoms with Gasteiger partial charge in [-0.05, 0) is 38.7 Å². The molecule has 4 N–H and O–H groups in total. The van der Waals surface area contributed by atoms with E-state index >= 15 is 4.39 Å². The molecule has 0 radical (unpaired) electrons. The number of halogens is 4. The van der Waals surface area contributed by atoms with E-state index in [1.807, 2.05) is 32.8 Å². The van der Waals surface area contributed by atoms with Crippen LogP contribution in [0.25, 0.3) is 0 Å². The summed E-state index contributed by atoms with van der Waals surface area (Å²) in [7, 11) is 3.86. The summed E-state index contributed by atoms with van der Waals surface area (Å²) < 4.78 is 41.1. The van der Waals surface area contributed by atoms with Crippen molar-refractivity contribution in [1.82, 2.24) is 10.2 Å². The fourth-order valence-corrected chi connectivity index (χ4v) is 3.62. The molecule has 0 spiro atoms. The van der Waals surface area contributed by atoms with Gasteiger partial charge in [-0.15, -0.1) is 24.8 Å². The molecule has 0 unspecified atom stereocenters. The van der Waals surface area contributed by atoms with Crippen molar-refractivity contribution in [2.45, 2.75) is 33.4 Å². The molecule has 0 saturated carbocycles. The van der Waals surface area contributed by atoms with E-state index in [2.05, 4.69) is 5.32 Å². The van der Waals surface area contributed by atoms with Crippen molar-refractivity contribution < 1.29 is 23.0 Å². The van der Waals surface area contributed by atoms with Crippen LogP contribution in [0.4, 0.5) is 8.78 Å². The summed E-state index contributed by atoms with van der Waals surface area (Å²) in [6.07, 6.45) is -1.49. The van der Waals surface area contributed by atoms with Gasteiger partial charge in [0.25, 0.3) is 5.91 Å². The zero-order valence-corrected chi connectivity index (χ0v) is 22.8. The highest BCUT2D eigenvalue weighted by molar-refractivity contribution is 5.94. The minimum Gasteiger partial charge on any atom is -0.490 e. The molecule has 0 heterocycles. The second-order valence-electron chi connectivity index (χ2n) is 9.13. The van der Waals surface area contributed by atoms with E-state index in [-0.39, 0.29) is 61.6 Å². The van der Waals surface area contributed by atoms with Crippen LogP contribution in [-0.2, 0) is 16.1 Å². The topological polar surface area (TPSA) is 101 Å². The lowest BCUT2D eigenvalue weighted by atomic mass is 9.94. The minimum atomic E-state index is -1.49. The van der Waals surface area contributed by atoms with Crippen LogP contribution in [0, 0.1) is 22.5 Å². The highest BCUT2D eigenvalue weighted by atomic mass is 35.5. The fourth-order valence-electron chi connectivity index (χ4n) is 3.62. The van der Waals surface area contributed by atoms with E-state index in [4.69, 9.17) is 20.6 Å². The Morgan fingerprint density at radius 1 is 1.14 bits per heavy atom. The van der Waals surface area contributed by atoms with Crippen LogP contribution < -0.4 is 15.8 Å². The Hall–Kier alpha value is -2.46. The first-order chi connectivity index (χ1) is 15.9. The third kappa shape index (κ3) is 9.54. The average Bonchev–Trinajstić information content (AvgIpc) is 2.75. The number of amidine groups is 1. The molecule has 0 fully saturated rings. The van der Waals surface area contributed by atoms with Gasteiger partial charge < -0.3 is 25.4 Å². The molecule has 0 saturated heterocycles. The zero-order chi connectivity index (χ0) is 25.5. The maximum atomic E-state index is 15.3. The Labute approximate surface area is 224 Å². The summed E-state index contributed by atoms with van der Waals surface area (Å²) in [5.41, 5.74) is 5.96. The molecule has 7 nitrogen and oxygen atoms in total. The van der Waals surface area contributed by atoms with E-state index < -0.39 is 29.2 Å². The van der Waals surface area contributed by atoms with Gasteiger partial charge >= 0.3 is 0 Å². The standard InChI is InChI=1S/C25H34F2N4O3.2ClH/c1-6-33-22(24(32)30-13-16-7-9-17(10-8-16)23(28)29)20-18(26)11-12-19(21(20)27)34-15-25(2,3)14-31(4)5;;/h7-12,22H,6,13-15H2,1-5H3,(H3,28,29)(H,30,32);2*1H/t22-;;/m0../s1. The number of hydrogen-bond donors (Lipinski definition) is 3. The Balaban J connectivity index is 0.00000612. The van der Waals surface area contributed by atoms with Crippen LogP contribution in [0.1, 0.15) is 43.6 Å². The lowest BCUT2D eigenvalue weighted by Gasteiger charge is -2.28. The van der Waals surface area contributed by atoms with Crippen LogP contribution in [-0.4, -0.2) is 50.5 Å². The van der Waals surface area contributed by atoms with Crippen LogP contribution in [0.15, 0.2) is 36.4 Å². The molecule has 0 aliphatic heterocycles. The van der Waals surface area contributed by atoms with Crippen molar-refractivity contribution in [2.75, 3.05) is 33.9 Å².